The van der Waals surface area contributed by atoms with Gasteiger partial charge in [-0.05, 0) is 38.5 Å². The van der Waals surface area contributed by atoms with Crippen molar-refractivity contribution in [2.24, 2.45) is 0 Å². The summed E-state index contributed by atoms with van der Waals surface area (Å²) in [7, 11) is 0. The van der Waals surface area contributed by atoms with E-state index in [0.29, 0.717) is 17.9 Å². The fraction of sp³-hybridized carbons (Fsp3) is 0.286. The van der Waals surface area contributed by atoms with Gasteiger partial charge < -0.3 is 0 Å². The van der Waals surface area contributed by atoms with E-state index in [1.165, 1.54) is 0 Å². The number of nitrogens with one attached hydrogen (secondary N) is 1. The highest BCUT2D eigenvalue weighted by Gasteiger charge is 2.11. The molecule has 1 N–H and O–H groups in total. The number of aryl methyl sites for hydroxylation is 2. The number of carbonyl (C=O) groups excluding carboxylic acids is 1. The zero-order chi connectivity index (χ0) is 13.1. The summed E-state index contributed by atoms with van der Waals surface area (Å²) < 4.78 is 0. The molecule has 0 radical (unpaired) electrons. The number of hydrogen-bond donors (Lipinski definition) is 1. The van der Waals surface area contributed by atoms with Crippen LogP contribution in [-0.4, -0.2) is 17.5 Å². The van der Waals surface area contributed by atoms with Gasteiger partial charge in [-0.2, -0.15) is 0 Å². The molecule has 0 atom stereocenters. The third-order valence-electron chi connectivity index (χ3n) is 2.72. The van der Waals surface area contributed by atoms with Crippen LogP contribution in [0.15, 0.2) is 24.3 Å². The third-order valence-corrected chi connectivity index (χ3v) is 2.72. The van der Waals surface area contributed by atoms with E-state index in [-0.39, 0.29) is 5.91 Å². The number of hydrogen-bond acceptors (Lipinski definition) is 3. The van der Waals surface area contributed by atoms with E-state index in [9.17, 15) is 4.79 Å². The van der Waals surface area contributed by atoms with Crippen LogP contribution in [0.25, 0.3) is 10.9 Å². The van der Waals surface area contributed by atoms with Gasteiger partial charge in [0.2, 0.25) is 0 Å². The second kappa shape index (κ2) is 5.14. The van der Waals surface area contributed by atoms with Crippen LogP contribution in [0.5, 0.6) is 0 Å². The molecule has 0 spiro atoms. The van der Waals surface area contributed by atoms with E-state index in [0.717, 1.165) is 16.5 Å². The molecular weight excluding hydrogens is 228 g/mol. The minimum atomic E-state index is -0.260. The fourth-order valence-electron chi connectivity index (χ4n) is 1.80. The van der Waals surface area contributed by atoms with Gasteiger partial charge in [-0.25, -0.2) is 5.48 Å². The summed E-state index contributed by atoms with van der Waals surface area (Å²) in [6.07, 6.45) is 0. The molecule has 4 nitrogen and oxygen atoms in total. The highest BCUT2D eigenvalue weighted by atomic mass is 16.6. The summed E-state index contributed by atoms with van der Waals surface area (Å²) in [6.45, 7) is 6.09. The summed E-state index contributed by atoms with van der Waals surface area (Å²) >= 11 is 0. The smallest absolute Gasteiger partial charge is 0.274 e. The maximum absolute atomic E-state index is 11.9. The number of nitrogens with zero attached hydrogens (tertiary/aromatic N) is 1. The fourth-order valence-corrected chi connectivity index (χ4v) is 1.80. The molecule has 1 amide bonds. The van der Waals surface area contributed by atoms with Crippen molar-refractivity contribution in [3.05, 3.63) is 41.1 Å². The number of rotatable bonds is 3. The molecule has 2 aromatic rings. The van der Waals surface area contributed by atoms with Gasteiger partial charge in [0.15, 0.2) is 0 Å². The second-order valence-electron chi connectivity index (χ2n) is 4.18. The average Bonchev–Trinajstić information content (AvgIpc) is 2.35. The van der Waals surface area contributed by atoms with Crippen molar-refractivity contribution in [3.63, 3.8) is 0 Å². The summed E-state index contributed by atoms with van der Waals surface area (Å²) in [5.41, 5.74) is 5.68. The maximum Gasteiger partial charge on any atom is 0.276 e. The molecule has 0 fully saturated rings. The average molecular weight is 244 g/mol. The molecule has 1 heterocycles. The van der Waals surface area contributed by atoms with Crippen molar-refractivity contribution in [1.29, 1.82) is 0 Å². The number of aromatic nitrogens is 1. The minimum absolute atomic E-state index is 0.260. The molecule has 0 bridgehead atoms. The summed E-state index contributed by atoms with van der Waals surface area (Å²) in [6, 6.07) is 7.82. The first-order chi connectivity index (χ1) is 8.61. The lowest BCUT2D eigenvalue weighted by Gasteiger charge is -2.08. The monoisotopic (exact) mass is 244 g/mol. The first-order valence-electron chi connectivity index (χ1n) is 5.92. The van der Waals surface area contributed by atoms with Crippen molar-refractivity contribution in [2.45, 2.75) is 20.8 Å². The van der Waals surface area contributed by atoms with Crippen LogP contribution in [0.3, 0.4) is 0 Å². The van der Waals surface area contributed by atoms with Gasteiger partial charge in [0.05, 0.1) is 23.4 Å². The van der Waals surface area contributed by atoms with Crippen molar-refractivity contribution in [3.8, 4) is 0 Å². The zero-order valence-corrected chi connectivity index (χ0v) is 10.8. The third kappa shape index (κ3) is 2.49. The minimum Gasteiger partial charge on any atom is -0.274 e. The summed E-state index contributed by atoms with van der Waals surface area (Å²) in [4.78, 5) is 21.2. The SMILES string of the molecule is CCONC(=O)c1cc2ccc(C)cc2nc1C. The topological polar surface area (TPSA) is 51.2 Å². The Kier molecular flexibility index (Phi) is 3.58. The van der Waals surface area contributed by atoms with Gasteiger partial charge in [0.25, 0.3) is 5.91 Å². The van der Waals surface area contributed by atoms with Crippen molar-refractivity contribution < 1.29 is 9.63 Å². The van der Waals surface area contributed by atoms with Crippen LogP contribution in [0.2, 0.25) is 0 Å². The lowest BCUT2D eigenvalue weighted by molar-refractivity contribution is 0.0364. The molecule has 0 aliphatic heterocycles. The number of amides is 1. The van der Waals surface area contributed by atoms with Crippen molar-refractivity contribution in [1.82, 2.24) is 10.5 Å². The Morgan fingerprint density at radius 2 is 2.11 bits per heavy atom. The van der Waals surface area contributed by atoms with Crippen LogP contribution in [0.4, 0.5) is 0 Å². The molecule has 18 heavy (non-hydrogen) atoms. The number of carbonyl (C=O) groups is 1. The Bertz CT molecular complexity index is 594. The van der Waals surface area contributed by atoms with Crippen LogP contribution in [0.1, 0.15) is 28.5 Å². The first kappa shape index (κ1) is 12.5. The van der Waals surface area contributed by atoms with E-state index in [1.807, 2.05) is 45.0 Å². The number of benzene rings is 1. The molecule has 1 aromatic heterocycles. The normalized spacial score (nSPS) is 10.6. The quantitative estimate of drug-likeness (QED) is 0.844. The lowest BCUT2D eigenvalue weighted by atomic mass is 10.1. The van der Waals surface area contributed by atoms with E-state index >= 15 is 0 Å². The molecule has 94 valence electrons. The molecule has 0 unspecified atom stereocenters. The standard InChI is InChI=1S/C14H16N2O2/c1-4-18-16-14(17)12-8-11-6-5-9(2)7-13(11)15-10(12)3/h5-8H,4H2,1-3H3,(H,16,17). The largest absolute Gasteiger partial charge is 0.276 e. The van der Waals surface area contributed by atoms with Crippen molar-refractivity contribution >= 4 is 16.8 Å². The first-order valence-corrected chi connectivity index (χ1v) is 5.92. The zero-order valence-electron chi connectivity index (χ0n) is 10.8. The molecule has 1 aromatic carbocycles. The lowest BCUT2D eigenvalue weighted by Crippen LogP contribution is -2.24. The Morgan fingerprint density at radius 3 is 2.83 bits per heavy atom. The molecule has 0 saturated heterocycles. The second-order valence-corrected chi connectivity index (χ2v) is 4.18. The molecule has 2 rings (SSSR count). The van der Waals surface area contributed by atoms with Crippen LogP contribution < -0.4 is 5.48 Å². The molecule has 4 heteroatoms. The van der Waals surface area contributed by atoms with Gasteiger partial charge in [0, 0.05) is 5.39 Å². The Hall–Kier alpha value is -1.94. The maximum atomic E-state index is 11.9. The van der Waals surface area contributed by atoms with E-state index in [4.69, 9.17) is 4.84 Å². The number of hydroxylamine groups is 1. The predicted molar refractivity (Wildman–Crippen MR) is 70.3 cm³/mol. The van der Waals surface area contributed by atoms with Gasteiger partial charge in [-0.1, -0.05) is 12.1 Å². The molecular formula is C14H16N2O2. The van der Waals surface area contributed by atoms with Crippen LogP contribution in [0, 0.1) is 13.8 Å². The van der Waals surface area contributed by atoms with Crippen molar-refractivity contribution in [2.75, 3.05) is 6.61 Å². The Morgan fingerprint density at radius 1 is 1.33 bits per heavy atom. The molecule has 0 aliphatic carbocycles. The highest BCUT2D eigenvalue weighted by Crippen LogP contribution is 2.17. The summed E-state index contributed by atoms with van der Waals surface area (Å²) in [5.74, 6) is -0.260. The molecule has 0 saturated carbocycles. The number of pyridine rings is 1. The van der Waals surface area contributed by atoms with E-state index < -0.39 is 0 Å². The van der Waals surface area contributed by atoms with Crippen LogP contribution in [-0.2, 0) is 4.84 Å². The van der Waals surface area contributed by atoms with Gasteiger partial charge in [-0.15, -0.1) is 0 Å². The molecule has 0 aliphatic rings. The van der Waals surface area contributed by atoms with Gasteiger partial charge in [0.1, 0.15) is 0 Å². The Balaban J connectivity index is 2.43. The highest BCUT2D eigenvalue weighted by molar-refractivity contribution is 5.98. The van der Waals surface area contributed by atoms with Crippen LogP contribution >= 0.6 is 0 Å². The summed E-state index contributed by atoms with van der Waals surface area (Å²) in [5, 5.41) is 0.952. The van der Waals surface area contributed by atoms with E-state index in [2.05, 4.69) is 10.5 Å². The van der Waals surface area contributed by atoms with Gasteiger partial charge >= 0.3 is 0 Å². The predicted octanol–water partition coefficient (Wildman–Crippen LogP) is 2.53. The Labute approximate surface area is 106 Å². The van der Waals surface area contributed by atoms with Gasteiger partial charge in [-0.3, -0.25) is 14.6 Å². The van der Waals surface area contributed by atoms with E-state index in [1.54, 1.807) is 0 Å². The number of fused-ring (bicyclic) bond motifs is 1.